The number of halogens is 1. The normalized spacial score (nSPS) is 27.2. The van der Waals surface area contributed by atoms with E-state index < -0.39 is 0 Å². The van der Waals surface area contributed by atoms with E-state index in [1.54, 1.807) is 12.1 Å². The Bertz CT molecular complexity index is 804. The average Bonchev–Trinajstić information content (AvgIpc) is 3.05. The molecule has 1 N–H and O–H groups in total. The van der Waals surface area contributed by atoms with E-state index in [9.17, 15) is 4.39 Å². The molecular weight excluding hydrogens is 343 g/mol. The largest absolute Gasteiger partial charge is 0.381 e. The Hall–Kier alpha value is -1.50. The molecule has 5 nitrogen and oxygen atoms in total. The molecule has 6 heteroatoms. The summed E-state index contributed by atoms with van der Waals surface area (Å²) in [6.07, 6.45) is 5.14. The van der Waals surface area contributed by atoms with Crippen LogP contribution in [0, 0.1) is 18.7 Å². The molecule has 1 aromatic carbocycles. The van der Waals surface area contributed by atoms with Crippen LogP contribution in [0.5, 0.6) is 0 Å². The van der Waals surface area contributed by atoms with E-state index in [2.05, 4.69) is 14.8 Å². The number of piperidine rings is 1. The maximum Gasteiger partial charge on any atom is 0.125 e. The summed E-state index contributed by atoms with van der Waals surface area (Å²) in [4.78, 5) is 13.3. The van der Waals surface area contributed by atoms with Crippen LogP contribution in [0.15, 0.2) is 12.1 Å². The number of hydrogen-bond acceptors (Lipinski definition) is 4. The van der Waals surface area contributed by atoms with Crippen LogP contribution in [-0.4, -0.2) is 64.7 Å². The topological polar surface area (TPSA) is 44.4 Å². The zero-order valence-electron chi connectivity index (χ0n) is 16.1. The SMILES string of the molecule is Cc1cc(F)cc2[nH]c(CN3CC4CC(C3)N4CCC3CCOCC3)nc12. The van der Waals surface area contributed by atoms with Crippen molar-refractivity contribution in [3.8, 4) is 0 Å². The number of H-pyrrole nitrogens is 1. The van der Waals surface area contributed by atoms with Crippen LogP contribution < -0.4 is 0 Å². The van der Waals surface area contributed by atoms with Crippen LogP contribution in [0.1, 0.15) is 37.1 Å². The van der Waals surface area contributed by atoms with Crippen LogP contribution in [-0.2, 0) is 11.3 Å². The fourth-order valence-electron chi connectivity index (χ4n) is 5.22. The fraction of sp³-hybridized carbons (Fsp3) is 0.667. The number of ether oxygens (including phenoxy) is 1. The second-order valence-electron chi connectivity index (χ2n) is 8.62. The third kappa shape index (κ3) is 3.50. The zero-order valence-corrected chi connectivity index (χ0v) is 16.1. The molecule has 0 aliphatic carbocycles. The lowest BCUT2D eigenvalue weighted by molar-refractivity contribution is -0.0762. The second-order valence-corrected chi connectivity index (χ2v) is 8.62. The molecule has 2 aromatic rings. The van der Waals surface area contributed by atoms with Gasteiger partial charge in [-0.05, 0) is 62.8 Å². The second kappa shape index (κ2) is 7.15. The van der Waals surface area contributed by atoms with Gasteiger partial charge in [0.05, 0.1) is 17.6 Å². The smallest absolute Gasteiger partial charge is 0.125 e. The van der Waals surface area contributed by atoms with Crippen molar-refractivity contribution >= 4 is 11.0 Å². The highest BCUT2D eigenvalue weighted by Gasteiger charge is 2.44. The first-order valence-corrected chi connectivity index (χ1v) is 10.4. The predicted octanol–water partition coefficient (Wildman–Crippen LogP) is 3.09. The molecular formula is C21H29FN4O. The predicted molar refractivity (Wildman–Crippen MR) is 103 cm³/mol. The van der Waals surface area contributed by atoms with Crippen LogP contribution in [0.2, 0.25) is 0 Å². The van der Waals surface area contributed by atoms with E-state index in [1.165, 1.54) is 32.2 Å². The highest BCUT2D eigenvalue weighted by atomic mass is 19.1. The number of hydrogen-bond donors (Lipinski definition) is 1. The van der Waals surface area contributed by atoms with Crippen LogP contribution in [0.3, 0.4) is 0 Å². The molecule has 27 heavy (non-hydrogen) atoms. The number of nitrogens with zero attached hydrogens (tertiary/aromatic N) is 3. The molecule has 0 radical (unpaired) electrons. The van der Waals surface area contributed by atoms with Gasteiger partial charge in [-0.25, -0.2) is 9.37 Å². The lowest BCUT2D eigenvalue weighted by Gasteiger charge is -2.56. The molecule has 2 atom stereocenters. The van der Waals surface area contributed by atoms with Crippen molar-refractivity contribution in [3.05, 3.63) is 29.3 Å². The molecule has 4 saturated heterocycles. The Balaban J connectivity index is 1.17. The Labute approximate surface area is 159 Å². The quantitative estimate of drug-likeness (QED) is 0.876. The summed E-state index contributed by atoms with van der Waals surface area (Å²) in [5.74, 6) is 1.61. The van der Waals surface area contributed by atoms with Crippen molar-refractivity contribution in [2.45, 2.75) is 51.2 Å². The lowest BCUT2D eigenvalue weighted by atomic mass is 9.86. The molecule has 6 rings (SSSR count). The van der Waals surface area contributed by atoms with Gasteiger partial charge in [0.15, 0.2) is 0 Å². The van der Waals surface area contributed by atoms with Gasteiger partial charge in [0, 0.05) is 38.4 Å². The van der Waals surface area contributed by atoms with Gasteiger partial charge in [0.25, 0.3) is 0 Å². The molecule has 0 amide bonds. The number of fused-ring (bicyclic) bond motifs is 3. The number of aromatic nitrogens is 2. The number of rotatable bonds is 5. The van der Waals surface area contributed by atoms with E-state index in [0.29, 0.717) is 12.1 Å². The number of imidazole rings is 1. The first-order chi connectivity index (χ1) is 13.2. The van der Waals surface area contributed by atoms with E-state index >= 15 is 0 Å². The minimum Gasteiger partial charge on any atom is -0.381 e. The summed E-state index contributed by atoms with van der Waals surface area (Å²) in [7, 11) is 0. The van der Waals surface area contributed by atoms with Gasteiger partial charge in [0.1, 0.15) is 11.6 Å². The summed E-state index contributed by atoms with van der Waals surface area (Å²) in [6.45, 7) is 8.14. The Morgan fingerprint density at radius 3 is 2.78 bits per heavy atom. The molecule has 2 bridgehead atoms. The number of nitrogens with one attached hydrogen (secondary N) is 1. The van der Waals surface area contributed by atoms with Crippen LogP contribution >= 0.6 is 0 Å². The molecule has 1 aromatic heterocycles. The average molecular weight is 372 g/mol. The summed E-state index contributed by atoms with van der Waals surface area (Å²) in [5.41, 5.74) is 2.60. The van der Waals surface area contributed by atoms with Crippen LogP contribution in [0.4, 0.5) is 4.39 Å². The molecule has 0 saturated carbocycles. The third-order valence-corrected chi connectivity index (χ3v) is 6.72. The summed E-state index contributed by atoms with van der Waals surface area (Å²) in [5, 5.41) is 0. The van der Waals surface area contributed by atoms with Gasteiger partial charge in [-0.2, -0.15) is 0 Å². The first-order valence-electron chi connectivity index (χ1n) is 10.4. The number of aryl methyl sites for hydroxylation is 1. The van der Waals surface area contributed by atoms with E-state index in [1.807, 2.05) is 6.92 Å². The Morgan fingerprint density at radius 2 is 2.00 bits per heavy atom. The number of benzene rings is 1. The zero-order chi connectivity index (χ0) is 18.4. The Kier molecular flexibility index (Phi) is 4.66. The molecule has 4 aliphatic heterocycles. The summed E-state index contributed by atoms with van der Waals surface area (Å²) >= 11 is 0. The molecule has 0 spiro atoms. The summed E-state index contributed by atoms with van der Waals surface area (Å²) in [6, 6.07) is 4.50. The number of piperazine rings is 1. The van der Waals surface area contributed by atoms with Gasteiger partial charge in [-0.1, -0.05) is 0 Å². The van der Waals surface area contributed by atoms with Crippen molar-refractivity contribution in [3.63, 3.8) is 0 Å². The van der Waals surface area contributed by atoms with Crippen molar-refractivity contribution in [2.75, 3.05) is 32.8 Å². The molecule has 4 aliphatic rings. The maximum atomic E-state index is 13.6. The maximum absolute atomic E-state index is 13.6. The third-order valence-electron chi connectivity index (χ3n) is 6.72. The summed E-state index contributed by atoms with van der Waals surface area (Å²) < 4.78 is 19.1. The molecule has 5 heterocycles. The minimum atomic E-state index is -0.199. The van der Waals surface area contributed by atoms with E-state index in [4.69, 9.17) is 9.72 Å². The standard InChI is InChI=1S/C21H29FN4O/c1-14-8-16(22)9-19-21(14)24-20(23-19)13-25-11-17-10-18(12-25)26(17)5-2-15-3-6-27-7-4-15/h8-9,15,17-18H,2-7,10-13H2,1H3,(H,23,24). The highest BCUT2D eigenvalue weighted by Crippen LogP contribution is 2.34. The van der Waals surface area contributed by atoms with E-state index in [-0.39, 0.29) is 5.82 Å². The minimum absolute atomic E-state index is 0.199. The first kappa shape index (κ1) is 17.6. The Morgan fingerprint density at radius 1 is 1.22 bits per heavy atom. The number of aromatic amines is 1. The van der Waals surface area contributed by atoms with Gasteiger partial charge >= 0.3 is 0 Å². The monoisotopic (exact) mass is 372 g/mol. The van der Waals surface area contributed by atoms with Gasteiger partial charge in [0.2, 0.25) is 0 Å². The highest BCUT2D eigenvalue weighted by molar-refractivity contribution is 5.78. The van der Waals surface area contributed by atoms with Gasteiger partial charge in [-0.3, -0.25) is 9.80 Å². The van der Waals surface area contributed by atoms with E-state index in [0.717, 1.165) is 61.2 Å². The van der Waals surface area contributed by atoms with Gasteiger partial charge < -0.3 is 9.72 Å². The molecule has 4 fully saturated rings. The van der Waals surface area contributed by atoms with Crippen molar-refractivity contribution in [2.24, 2.45) is 5.92 Å². The van der Waals surface area contributed by atoms with Crippen molar-refractivity contribution in [1.82, 2.24) is 19.8 Å². The molecule has 146 valence electrons. The van der Waals surface area contributed by atoms with Gasteiger partial charge in [-0.15, -0.1) is 0 Å². The fourth-order valence-corrected chi connectivity index (χ4v) is 5.22. The van der Waals surface area contributed by atoms with Crippen molar-refractivity contribution < 1.29 is 9.13 Å². The van der Waals surface area contributed by atoms with Crippen molar-refractivity contribution in [1.29, 1.82) is 0 Å². The molecule has 2 unspecified atom stereocenters. The van der Waals surface area contributed by atoms with Crippen LogP contribution in [0.25, 0.3) is 11.0 Å². The lowest BCUT2D eigenvalue weighted by Crippen LogP contribution is -2.68.